The molecule has 0 bridgehead atoms. The number of fused-ring (bicyclic) bond motifs is 2. The average molecular weight is 350 g/mol. The average Bonchev–Trinajstić information content (AvgIpc) is 3.12. The van der Waals surface area contributed by atoms with E-state index in [1.165, 1.54) is 35.4 Å². The summed E-state index contributed by atoms with van der Waals surface area (Å²) in [4.78, 5) is 6.99. The summed E-state index contributed by atoms with van der Waals surface area (Å²) >= 11 is 0. The summed E-state index contributed by atoms with van der Waals surface area (Å²) in [6, 6.07) is 10.4. The number of benzene rings is 1. The van der Waals surface area contributed by atoms with Crippen LogP contribution in [0.1, 0.15) is 30.5 Å². The van der Waals surface area contributed by atoms with Crippen molar-refractivity contribution in [1.82, 2.24) is 19.5 Å². The molecule has 0 unspecified atom stereocenters. The summed E-state index contributed by atoms with van der Waals surface area (Å²) in [5.74, 6) is 0.923. The Morgan fingerprint density at radius 2 is 1.88 bits per heavy atom. The number of ether oxygens (including phenoxy) is 1. The summed E-state index contributed by atoms with van der Waals surface area (Å²) in [5.41, 5.74) is 5.90. The third-order valence-electron chi connectivity index (χ3n) is 4.95. The van der Waals surface area contributed by atoms with Gasteiger partial charge in [-0.15, -0.1) is 0 Å². The van der Waals surface area contributed by atoms with Crippen molar-refractivity contribution in [3.05, 3.63) is 47.8 Å². The number of hydrogen-bond acceptors (Lipinski definition) is 4. The summed E-state index contributed by atoms with van der Waals surface area (Å²) in [7, 11) is 4.17. The minimum absolute atomic E-state index is 0.742. The van der Waals surface area contributed by atoms with E-state index in [-0.39, 0.29) is 0 Å². The van der Waals surface area contributed by atoms with Crippen LogP contribution in [0.15, 0.2) is 36.5 Å². The van der Waals surface area contributed by atoms with Gasteiger partial charge in [0.1, 0.15) is 5.75 Å². The second kappa shape index (κ2) is 7.46. The molecule has 2 heterocycles. The molecule has 26 heavy (non-hydrogen) atoms. The molecule has 1 aliphatic carbocycles. The molecule has 0 aliphatic heterocycles. The van der Waals surface area contributed by atoms with Gasteiger partial charge >= 0.3 is 0 Å². The van der Waals surface area contributed by atoms with Crippen molar-refractivity contribution in [3.8, 4) is 17.0 Å². The van der Waals surface area contributed by atoms with Crippen molar-refractivity contribution >= 4 is 5.65 Å². The first-order chi connectivity index (χ1) is 12.7. The zero-order valence-electron chi connectivity index (χ0n) is 15.6. The standard InChI is InChI=1S/C21H26N4O/c1-24(2)14-5-15-26-17-10-8-16(9-11-17)21-18-6-3-4-7-19(18)23-20-12-13-22-25(20)21/h8-13H,3-7,14-15H2,1-2H3. The van der Waals surface area contributed by atoms with Crippen molar-refractivity contribution in [2.24, 2.45) is 0 Å². The van der Waals surface area contributed by atoms with Crippen LogP contribution in [-0.4, -0.2) is 46.7 Å². The molecule has 5 nitrogen and oxygen atoms in total. The van der Waals surface area contributed by atoms with Crippen LogP contribution in [-0.2, 0) is 12.8 Å². The van der Waals surface area contributed by atoms with Gasteiger partial charge in [0.25, 0.3) is 0 Å². The Kier molecular flexibility index (Phi) is 4.89. The molecule has 2 aromatic heterocycles. The summed E-state index contributed by atoms with van der Waals surface area (Å²) in [6.07, 6.45) is 7.46. The summed E-state index contributed by atoms with van der Waals surface area (Å²) in [5, 5.41) is 4.52. The zero-order chi connectivity index (χ0) is 17.9. The van der Waals surface area contributed by atoms with E-state index in [9.17, 15) is 0 Å². The summed E-state index contributed by atoms with van der Waals surface area (Å²) < 4.78 is 7.85. The minimum atomic E-state index is 0.742. The number of hydrogen-bond donors (Lipinski definition) is 0. The SMILES string of the molecule is CN(C)CCCOc1ccc(-c2c3c(nc4ccnn24)CCCC3)cc1. The van der Waals surface area contributed by atoms with Gasteiger partial charge in [-0.05, 0) is 70.5 Å². The molecule has 0 fully saturated rings. The van der Waals surface area contributed by atoms with Gasteiger partial charge in [0, 0.05) is 29.4 Å². The highest BCUT2D eigenvalue weighted by molar-refractivity contribution is 5.68. The number of aryl methyl sites for hydroxylation is 1. The Balaban J connectivity index is 1.60. The predicted octanol–water partition coefficient (Wildman–Crippen LogP) is 3.61. The van der Waals surface area contributed by atoms with Crippen LogP contribution in [0.5, 0.6) is 5.75 Å². The van der Waals surface area contributed by atoms with Gasteiger partial charge in [-0.1, -0.05) is 0 Å². The van der Waals surface area contributed by atoms with Crippen LogP contribution in [0, 0.1) is 0 Å². The normalized spacial score (nSPS) is 14.0. The van der Waals surface area contributed by atoms with Crippen LogP contribution in [0.4, 0.5) is 0 Å². The minimum Gasteiger partial charge on any atom is -0.494 e. The van der Waals surface area contributed by atoms with Gasteiger partial charge in [-0.2, -0.15) is 5.10 Å². The van der Waals surface area contributed by atoms with Crippen molar-refractivity contribution < 1.29 is 4.74 Å². The molecule has 3 aromatic rings. The fraction of sp³-hybridized carbons (Fsp3) is 0.429. The monoisotopic (exact) mass is 350 g/mol. The Morgan fingerprint density at radius 3 is 2.69 bits per heavy atom. The molecule has 0 amide bonds. The third-order valence-corrected chi connectivity index (χ3v) is 4.95. The van der Waals surface area contributed by atoms with Crippen molar-refractivity contribution in [2.75, 3.05) is 27.2 Å². The van der Waals surface area contributed by atoms with E-state index in [1.54, 1.807) is 0 Å². The molecule has 1 aliphatic rings. The van der Waals surface area contributed by atoms with E-state index in [0.717, 1.165) is 43.8 Å². The Hall–Kier alpha value is -2.40. The van der Waals surface area contributed by atoms with Crippen LogP contribution in [0.3, 0.4) is 0 Å². The topological polar surface area (TPSA) is 42.7 Å². The lowest BCUT2D eigenvalue weighted by atomic mass is 9.92. The third kappa shape index (κ3) is 3.44. The molecule has 0 spiro atoms. The van der Waals surface area contributed by atoms with Gasteiger partial charge in [0.2, 0.25) is 0 Å². The highest BCUT2D eigenvalue weighted by Gasteiger charge is 2.20. The van der Waals surface area contributed by atoms with Crippen molar-refractivity contribution in [2.45, 2.75) is 32.1 Å². The van der Waals surface area contributed by atoms with Gasteiger partial charge in [-0.25, -0.2) is 9.50 Å². The number of nitrogens with zero attached hydrogens (tertiary/aromatic N) is 4. The van der Waals surface area contributed by atoms with Crippen molar-refractivity contribution in [1.29, 1.82) is 0 Å². The first kappa shape index (κ1) is 17.0. The van der Waals surface area contributed by atoms with E-state index in [1.807, 2.05) is 16.8 Å². The highest BCUT2D eigenvalue weighted by Crippen LogP contribution is 2.32. The molecule has 0 saturated carbocycles. The lowest BCUT2D eigenvalue weighted by Crippen LogP contribution is -2.15. The zero-order valence-corrected chi connectivity index (χ0v) is 15.6. The first-order valence-corrected chi connectivity index (χ1v) is 9.46. The highest BCUT2D eigenvalue weighted by atomic mass is 16.5. The van der Waals surface area contributed by atoms with Crippen LogP contribution in [0.2, 0.25) is 0 Å². The Morgan fingerprint density at radius 1 is 1.08 bits per heavy atom. The number of rotatable bonds is 6. The van der Waals surface area contributed by atoms with Gasteiger partial charge < -0.3 is 9.64 Å². The van der Waals surface area contributed by atoms with Gasteiger partial charge in [0.05, 0.1) is 18.5 Å². The summed E-state index contributed by atoms with van der Waals surface area (Å²) in [6.45, 7) is 1.78. The first-order valence-electron chi connectivity index (χ1n) is 9.46. The maximum atomic E-state index is 5.87. The molecule has 4 rings (SSSR count). The quantitative estimate of drug-likeness (QED) is 0.637. The lowest BCUT2D eigenvalue weighted by molar-refractivity contribution is 0.281. The molecule has 0 saturated heterocycles. The molecule has 0 atom stereocenters. The van der Waals surface area contributed by atoms with E-state index in [4.69, 9.17) is 9.72 Å². The fourth-order valence-electron chi connectivity index (χ4n) is 3.66. The van der Waals surface area contributed by atoms with Crippen LogP contribution < -0.4 is 4.74 Å². The molecule has 136 valence electrons. The van der Waals surface area contributed by atoms with E-state index in [2.05, 4.69) is 48.4 Å². The predicted molar refractivity (Wildman–Crippen MR) is 104 cm³/mol. The molecule has 0 N–H and O–H groups in total. The number of aromatic nitrogens is 3. The maximum Gasteiger partial charge on any atom is 0.155 e. The smallest absolute Gasteiger partial charge is 0.155 e. The van der Waals surface area contributed by atoms with E-state index >= 15 is 0 Å². The maximum absolute atomic E-state index is 5.87. The second-order valence-electron chi connectivity index (χ2n) is 7.22. The van der Waals surface area contributed by atoms with Gasteiger partial charge in [0.15, 0.2) is 5.65 Å². The molecule has 0 radical (unpaired) electrons. The second-order valence-corrected chi connectivity index (χ2v) is 7.22. The molecule has 5 heteroatoms. The van der Waals surface area contributed by atoms with Gasteiger partial charge in [-0.3, -0.25) is 0 Å². The van der Waals surface area contributed by atoms with E-state index in [0.29, 0.717) is 0 Å². The Bertz CT molecular complexity index is 883. The lowest BCUT2D eigenvalue weighted by Gasteiger charge is -2.20. The Labute approximate surface area is 154 Å². The largest absolute Gasteiger partial charge is 0.494 e. The fourth-order valence-corrected chi connectivity index (χ4v) is 3.66. The molecule has 1 aromatic carbocycles. The molecular formula is C21H26N4O. The van der Waals surface area contributed by atoms with Crippen LogP contribution >= 0.6 is 0 Å². The van der Waals surface area contributed by atoms with E-state index < -0.39 is 0 Å². The van der Waals surface area contributed by atoms with Crippen molar-refractivity contribution in [3.63, 3.8) is 0 Å². The molecular weight excluding hydrogens is 324 g/mol. The van der Waals surface area contributed by atoms with Crippen LogP contribution in [0.25, 0.3) is 16.9 Å².